The maximum Gasteiger partial charge on any atom is 0.139 e. The fourth-order valence-electron chi connectivity index (χ4n) is 1.01. The highest BCUT2D eigenvalue weighted by Crippen LogP contribution is 2.35. The summed E-state index contributed by atoms with van der Waals surface area (Å²) in [5, 5.41) is 0.952. The molecule has 5 heteroatoms. The van der Waals surface area contributed by atoms with Gasteiger partial charge in [-0.15, -0.1) is 11.6 Å². The molecule has 2 nitrogen and oxygen atoms in total. The molecule has 0 aliphatic carbocycles. The first-order valence-electron chi connectivity index (χ1n) is 4.41. The van der Waals surface area contributed by atoms with E-state index < -0.39 is 0 Å². The van der Waals surface area contributed by atoms with Gasteiger partial charge in [-0.05, 0) is 6.42 Å². The zero-order valence-corrected chi connectivity index (χ0v) is 10.5. The van der Waals surface area contributed by atoms with Gasteiger partial charge in [0, 0.05) is 18.0 Å². The Balaban J connectivity index is 2.76. The van der Waals surface area contributed by atoms with Gasteiger partial charge in [0.15, 0.2) is 0 Å². The van der Waals surface area contributed by atoms with Gasteiger partial charge >= 0.3 is 0 Å². The van der Waals surface area contributed by atoms with Gasteiger partial charge in [0.05, 0.1) is 23.8 Å². The van der Waals surface area contributed by atoms with Crippen LogP contribution in [0.15, 0.2) is 12.1 Å². The van der Waals surface area contributed by atoms with Gasteiger partial charge in [-0.25, -0.2) is 0 Å². The minimum Gasteiger partial charge on any atom is -0.495 e. The van der Waals surface area contributed by atoms with E-state index in [1.165, 1.54) is 7.11 Å². The average Bonchev–Trinajstić information content (AvgIpc) is 2.23. The van der Waals surface area contributed by atoms with Gasteiger partial charge in [0.25, 0.3) is 0 Å². The summed E-state index contributed by atoms with van der Waals surface area (Å²) in [7, 11) is 1.53. The molecule has 15 heavy (non-hydrogen) atoms. The Morgan fingerprint density at radius 1 is 1.13 bits per heavy atom. The molecule has 0 amide bonds. The predicted octanol–water partition coefficient (Wildman–Crippen LogP) is 4.01. The monoisotopic (exact) mass is 268 g/mol. The molecule has 0 aliphatic rings. The number of benzene rings is 1. The lowest BCUT2D eigenvalue weighted by Gasteiger charge is -2.10. The van der Waals surface area contributed by atoms with Gasteiger partial charge in [0.2, 0.25) is 0 Å². The van der Waals surface area contributed by atoms with Gasteiger partial charge < -0.3 is 9.47 Å². The molecule has 0 fully saturated rings. The van der Waals surface area contributed by atoms with E-state index in [9.17, 15) is 0 Å². The fraction of sp³-hybridized carbons (Fsp3) is 0.400. The Kier molecular flexibility index (Phi) is 5.37. The van der Waals surface area contributed by atoms with Crippen LogP contribution in [0.4, 0.5) is 0 Å². The summed E-state index contributed by atoms with van der Waals surface area (Å²) in [6.07, 6.45) is 0.765. The van der Waals surface area contributed by atoms with E-state index in [0.29, 0.717) is 34.0 Å². The molecule has 0 saturated heterocycles. The fourth-order valence-corrected chi connectivity index (χ4v) is 1.56. The molecule has 0 saturated carbocycles. The number of hydrogen-bond acceptors (Lipinski definition) is 2. The summed E-state index contributed by atoms with van der Waals surface area (Å²) in [5.41, 5.74) is 0. The van der Waals surface area contributed by atoms with Crippen molar-refractivity contribution in [2.75, 3.05) is 19.6 Å². The molecule has 0 radical (unpaired) electrons. The lowest BCUT2D eigenvalue weighted by atomic mass is 10.3. The molecule has 1 aromatic rings. The molecule has 84 valence electrons. The molecule has 0 aromatic heterocycles. The van der Waals surface area contributed by atoms with Crippen LogP contribution in [-0.2, 0) is 0 Å². The van der Waals surface area contributed by atoms with Gasteiger partial charge in [-0.2, -0.15) is 0 Å². The van der Waals surface area contributed by atoms with Crippen LogP contribution >= 0.6 is 34.8 Å². The SMILES string of the molecule is COc1cc(Cl)c(OCCCCl)cc1Cl. The van der Waals surface area contributed by atoms with Crippen LogP contribution in [0, 0.1) is 0 Å². The van der Waals surface area contributed by atoms with Crippen molar-refractivity contribution < 1.29 is 9.47 Å². The highest BCUT2D eigenvalue weighted by atomic mass is 35.5. The van der Waals surface area contributed by atoms with E-state index >= 15 is 0 Å². The van der Waals surface area contributed by atoms with Crippen molar-refractivity contribution in [2.24, 2.45) is 0 Å². The standard InChI is InChI=1S/C10H11Cl3O2/c1-14-9-5-8(13)10(6-7(9)12)15-4-2-3-11/h5-6H,2-4H2,1H3. The number of hydrogen-bond donors (Lipinski definition) is 0. The lowest BCUT2D eigenvalue weighted by Crippen LogP contribution is -1.98. The molecule has 1 rings (SSSR count). The summed E-state index contributed by atoms with van der Waals surface area (Å²) >= 11 is 17.4. The minimum absolute atomic E-state index is 0.475. The topological polar surface area (TPSA) is 18.5 Å². The van der Waals surface area contributed by atoms with E-state index in [1.807, 2.05) is 0 Å². The minimum atomic E-state index is 0.475. The normalized spacial score (nSPS) is 10.1. The van der Waals surface area contributed by atoms with E-state index in [-0.39, 0.29) is 0 Å². The molecule has 0 unspecified atom stereocenters. The molecule has 1 aromatic carbocycles. The van der Waals surface area contributed by atoms with E-state index in [0.717, 1.165) is 6.42 Å². The van der Waals surface area contributed by atoms with Crippen LogP contribution in [0.3, 0.4) is 0 Å². The first kappa shape index (κ1) is 12.8. The maximum absolute atomic E-state index is 5.96. The van der Waals surface area contributed by atoms with Crippen LogP contribution in [0.5, 0.6) is 11.5 Å². The third-order valence-electron chi connectivity index (χ3n) is 1.74. The second-order valence-corrected chi connectivity index (χ2v) is 4.00. The van der Waals surface area contributed by atoms with Gasteiger partial charge in [0.1, 0.15) is 11.5 Å². The number of rotatable bonds is 5. The van der Waals surface area contributed by atoms with Crippen molar-refractivity contribution in [2.45, 2.75) is 6.42 Å². The van der Waals surface area contributed by atoms with Crippen molar-refractivity contribution in [3.63, 3.8) is 0 Å². The number of ether oxygens (including phenoxy) is 2. The Morgan fingerprint density at radius 3 is 2.33 bits per heavy atom. The van der Waals surface area contributed by atoms with Crippen LogP contribution in [0.25, 0.3) is 0 Å². The van der Waals surface area contributed by atoms with E-state index in [1.54, 1.807) is 12.1 Å². The Bertz CT molecular complexity index is 329. The quantitative estimate of drug-likeness (QED) is 0.594. The van der Waals surface area contributed by atoms with E-state index in [2.05, 4.69) is 0 Å². The van der Waals surface area contributed by atoms with Gasteiger partial charge in [-0.1, -0.05) is 23.2 Å². The average molecular weight is 270 g/mol. The molecule has 0 atom stereocenters. The lowest BCUT2D eigenvalue weighted by molar-refractivity contribution is 0.317. The van der Waals surface area contributed by atoms with Crippen LogP contribution < -0.4 is 9.47 Å². The highest BCUT2D eigenvalue weighted by molar-refractivity contribution is 6.35. The Labute approximate surface area is 104 Å². The first-order chi connectivity index (χ1) is 7.19. The third kappa shape index (κ3) is 3.63. The molecule has 0 N–H and O–H groups in total. The van der Waals surface area contributed by atoms with Crippen molar-refractivity contribution >= 4 is 34.8 Å². The smallest absolute Gasteiger partial charge is 0.139 e. The molecule has 0 bridgehead atoms. The van der Waals surface area contributed by atoms with Crippen molar-refractivity contribution in [1.82, 2.24) is 0 Å². The summed E-state index contributed by atoms with van der Waals surface area (Å²) in [4.78, 5) is 0. The Hall–Kier alpha value is -0.310. The number of alkyl halides is 1. The summed E-state index contributed by atoms with van der Waals surface area (Å²) < 4.78 is 10.4. The Morgan fingerprint density at radius 2 is 1.73 bits per heavy atom. The second-order valence-electron chi connectivity index (χ2n) is 2.81. The number of methoxy groups -OCH3 is 1. The zero-order chi connectivity index (χ0) is 11.3. The molecule has 0 aliphatic heterocycles. The predicted molar refractivity (Wildman–Crippen MR) is 63.8 cm³/mol. The highest BCUT2D eigenvalue weighted by Gasteiger charge is 2.08. The molecular weight excluding hydrogens is 258 g/mol. The van der Waals surface area contributed by atoms with Crippen LogP contribution in [-0.4, -0.2) is 19.6 Å². The van der Waals surface area contributed by atoms with Gasteiger partial charge in [-0.3, -0.25) is 0 Å². The third-order valence-corrected chi connectivity index (χ3v) is 2.60. The zero-order valence-electron chi connectivity index (χ0n) is 8.23. The maximum atomic E-state index is 5.96. The van der Waals surface area contributed by atoms with E-state index in [4.69, 9.17) is 44.3 Å². The van der Waals surface area contributed by atoms with Crippen molar-refractivity contribution in [3.8, 4) is 11.5 Å². The molecule has 0 heterocycles. The van der Waals surface area contributed by atoms with Crippen LogP contribution in [0.2, 0.25) is 10.0 Å². The summed E-state index contributed by atoms with van der Waals surface area (Å²) in [6.45, 7) is 0.520. The first-order valence-corrected chi connectivity index (χ1v) is 5.70. The molecular formula is C10H11Cl3O2. The number of halogens is 3. The second kappa shape index (κ2) is 6.31. The van der Waals surface area contributed by atoms with Crippen LogP contribution in [0.1, 0.15) is 6.42 Å². The van der Waals surface area contributed by atoms with Crippen molar-refractivity contribution in [1.29, 1.82) is 0 Å². The molecule has 0 spiro atoms. The summed E-state index contributed by atoms with van der Waals surface area (Å²) in [6, 6.07) is 3.26. The largest absolute Gasteiger partial charge is 0.495 e. The summed E-state index contributed by atoms with van der Waals surface area (Å²) in [5.74, 6) is 1.64. The van der Waals surface area contributed by atoms with Crippen molar-refractivity contribution in [3.05, 3.63) is 22.2 Å².